The first-order valence-corrected chi connectivity index (χ1v) is 7.63. The fourth-order valence-electron chi connectivity index (χ4n) is 2.44. The fraction of sp³-hybridized carbons (Fsp3) is 0.118. The van der Waals surface area contributed by atoms with Crippen LogP contribution in [0.2, 0.25) is 0 Å². The van der Waals surface area contributed by atoms with Crippen molar-refractivity contribution in [2.24, 2.45) is 0 Å². The van der Waals surface area contributed by atoms with Crippen LogP contribution >= 0.6 is 0 Å². The van der Waals surface area contributed by atoms with Gasteiger partial charge in [0.15, 0.2) is 28.9 Å². The van der Waals surface area contributed by atoms with Gasteiger partial charge in [0.25, 0.3) is 5.69 Å². The van der Waals surface area contributed by atoms with Crippen LogP contribution in [-0.4, -0.2) is 23.4 Å². The molecule has 0 atom stereocenters. The van der Waals surface area contributed by atoms with E-state index < -0.39 is 40.1 Å². The maximum atomic E-state index is 14.1. The normalized spacial score (nSPS) is 11.4. The monoisotopic (exact) mass is 416 g/mol. The number of aromatic nitrogens is 1. The van der Waals surface area contributed by atoms with E-state index in [0.717, 1.165) is 25.4 Å². The molecule has 0 aliphatic carbocycles. The van der Waals surface area contributed by atoms with Crippen molar-refractivity contribution in [2.75, 3.05) is 7.11 Å². The van der Waals surface area contributed by atoms with Gasteiger partial charge >= 0.3 is 6.36 Å². The average Bonchev–Trinajstić information content (AvgIpc) is 2.62. The molecule has 0 bridgehead atoms. The average molecular weight is 416 g/mol. The molecule has 29 heavy (non-hydrogen) atoms. The minimum atomic E-state index is -4.99. The van der Waals surface area contributed by atoms with Crippen LogP contribution in [0, 0.1) is 21.7 Å². The van der Waals surface area contributed by atoms with Crippen LogP contribution in [0.5, 0.6) is 23.0 Å². The predicted molar refractivity (Wildman–Crippen MR) is 88.1 cm³/mol. The van der Waals surface area contributed by atoms with Gasteiger partial charge in [-0.1, -0.05) is 0 Å². The summed E-state index contributed by atoms with van der Waals surface area (Å²) in [6.45, 7) is 0. The molecule has 0 saturated carbocycles. The predicted octanol–water partition coefficient (Wildman–Crippen LogP) is 5.12. The second kappa shape index (κ2) is 7.37. The SMILES string of the molecule is COc1cc2c(Oc3c(F)cc([N+](=O)[O-])cc3F)ccnc2cc1OC(F)(F)F. The Labute approximate surface area is 158 Å². The molecule has 0 saturated heterocycles. The second-order valence-electron chi connectivity index (χ2n) is 5.47. The van der Waals surface area contributed by atoms with Crippen molar-refractivity contribution in [1.82, 2.24) is 4.98 Å². The zero-order chi connectivity index (χ0) is 21.3. The van der Waals surface area contributed by atoms with Crippen molar-refractivity contribution in [1.29, 1.82) is 0 Å². The summed E-state index contributed by atoms with van der Waals surface area (Å²) in [7, 11) is 1.09. The van der Waals surface area contributed by atoms with Gasteiger partial charge in [-0.3, -0.25) is 15.1 Å². The third kappa shape index (κ3) is 4.25. The number of nitro benzene ring substituents is 1. The van der Waals surface area contributed by atoms with E-state index in [1.807, 2.05) is 0 Å². The lowest BCUT2D eigenvalue weighted by atomic mass is 10.1. The number of rotatable bonds is 5. The number of ether oxygens (including phenoxy) is 3. The smallest absolute Gasteiger partial charge is 0.493 e. The van der Waals surface area contributed by atoms with Crippen molar-refractivity contribution >= 4 is 16.6 Å². The number of non-ortho nitro benzene ring substituents is 1. The first kappa shape index (κ1) is 20.0. The van der Waals surface area contributed by atoms with Gasteiger partial charge in [-0.2, -0.15) is 0 Å². The largest absolute Gasteiger partial charge is 0.573 e. The lowest BCUT2D eigenvalue weighted by Crippen LogP contribution is -2.17. The third-order valence-electron chi connectivity index (χ3n) is 3.62. The van der Waals surface area contributed by atoms with E-state index in [1.54, 1.807) is 0 Å². The number of nitro groups is 1. The number of fused-ring (bicyclic) bond motifs is 1. The lowest BCUT2D eigenvalue weighted by molar-refractivity contribution is -0.385. The molecule has 0 unspecified atom stereocenters. The van der Waals surface area contributed by atoms with Crippen LogP contribution < -0.4 is 14.2 Å². The first-order valence-electron chi connectivity index (χ1n) is 7.63. The van der Waals surface area contributed by atoms with Crippen LogP contribution in [0.25, 0.3) is 10.9 Å². The number of alkyl halides is 3. The Hall–Kier alpha value is -3.70. The number of methoxy groups -OCH3 is 1. The van der Waals surface area contributed by atoms with Gasteiger partial charge in [0.2, 0.25) is 0 Å². The van der Waals surface area contributed by atoms with E-state index in [-0.39, 0.29) is 22.4 Å². The van der Waals surface area contributed by atoms with Gasteiger partial charge in [-0.25, -0.2) is 8.78 Å². The van der Waals surface area contributed by atoms with Crippen molar-refractivity contribution in [3.8, 4) is 23.0 Å². The van der Waals surface area contributed by atoms with E-state index >= 15 is 0 Å². The molecule has 12 heteroatoms. The number of benzene rings is 2. The molecule has 1 heterocycles. The molecular weight excluding hydrogens is 407 g/mol. The maximum Gasteiger partial charge on any atom is 0.573 e. The molecule has 3 aromatic rings. The van der Waals surface area contributed by atoms with Crippen LogP contribution in [0.1, 0.15) is 0 Å². The number of halogens is 5. The standard InChI is InChI=1S/C17H9F5N2O5/c1-27-14-6-9-12(7-15(14)29-17(20,21)22)23-3-2-13(9)28-16-10(18)4-8(24(25)26)5-11(16)19/h2-7H,1H3. The van der Waals surface area contributed by atoms with Gasteiger partial charge < -0.3 is 14.2 Å². The quantitative estimate of drug-likeness (QED) is 0.326. The van der Waals surface area contributed by atoms with Gasteiger partial charge in [0.05, 0.1) is 29.7 Å². The van der Waals surface area contributed by atoms with E-state index in [2.05, 4.69) is 9.72 Å². The van der Waals surface area contributed by atoms with E-state index in [1.165, 1.54) is 6.07 Å². The molecule has 1 aromatic heterocycles. The molecule has 0 aliphatic rings. The van der Waals surface area contributed by atoms with Gasteiger partial charge in [0.1, 0.15) is 5.75 Å². The van der Waals surface area contributed by atoms with Crippen LogP contribution in [0.15, 0.2) is 36.5 Å². The van der Waals surface area contributed by atoms with Crippen LogP contribution in [-0.2, 0) is 0 Å². The van der Waals surface area contributed by atoms with Crippen LogP contribution in [0.4, 0.5) is 27.6 Å². The zero-order valence-corrected chi connectivity index (χ0v) is 14.3. The summed E-state index contributed by atoms with van der Waals surface area (Å²) in [5.41, 5.74) is -0.868. The highest BCUT2D eigenvalue weighted by Gasteiger charge is 2.33. The molecule has 0 fully saturated rings. The second-order valence-corrected chi connectivity index (χ2v) is 5.47. The highest BCUT2D eigenvalue weighted by Crippen LogP contribution is 2.40. The first-order chi connectivity index (χ1) is 13.6. The number of nitrogens with zero attached hydrogens (tertiary/aromatic N) is 2. The Bertz CT molecular complexity index is 1080. The Morgan fingerprint density at radius 3 is 2.24 bits per heavy atom. The lowest BCUT2D eigenvalue weighted by Gasteiger charge is -2.15. The van der Waals surface area contributed by atoms with Crippen molar-refractivity contribution < 1.29 is 41.1 Å². The van der Waals surface area contributed by atoms with Crippen LogP contribution in [0.3, 0.4) is 0 Å². The van der Waals surface area contributed by atoms with E-state index in [9.17, 15) is 32.1 Å². The minimum absolute atomic E-state index is 0.0507. The molecule has 2 aromatic carbocycles. The van der Waals surface area contributed by atoms with Crippen molar-refractivity contribution in [2.45, 2.75) is 6.36 Å². The summed E-state index contributed by atoms with van der Waals surface area (Å²) >= 11 is 0. The zero-order valence-electron chi connectivity index (χ0n) is 14.3. The summed E-state index contributed by atoms with van der Waals surface area (Å²) in [6, 6.07) is 4.14. The van der Waals surface area contributed by atoms with E-state index in [0.29, 0.717) is 12.1 Å². The maximum absolute atomic E-state index is 14.1. The molecular formula is C17H9F5N2O5. The van der Waals surface area contributed by atoms with Gasteiger partial charge in [0, 0.05) is 17.6 Å². The third-order valence-corrected chi connectivity index (χ3v) is 3.62. The summed E-state index contributed by atoms with van der Waals surface area (Å²) in [5, 5.41) is 10.7. The van der Waals surface area contributed by atoms with Crippen molar-refractivity contribution in [3.63, 3.8) is 0 Å². The fourth-order valence-corrected chi connectivity index (χ4v) is 2.44. The van der Waals surface area contributed by atoms with Crippen molar-refractivity contribution in [3.05, 3.63) is 58.3 Å². The minimum Gasteiger partial charge on any atom is -0.493 e. The van der Waals surface area contributed by atoms with Gasteiger partial charge in [-0.05, 0) is 12.1 Å². The Morgan fingerprint density at radius 1 is 1.03 bits per heavy atom. The molecule has 0 radical (unpaired) electrons. The van der Waals surface area contributed by atoms with Gasteiger partial charge in [-0.15, -0.1) is 13.2 Å². The summed E-state index contributed by atoms with van der Waals surface area (Å²) in [6.07, 6.45) is -3.86. The summed E-state index contributed by atoms with van der Waals surface area (Å²) in [4.78, 5) is 13.6. The van der Waals surface area contributed by atoms with E-state index in [4.69, 9.17) is 9.47 Å². The molecule has 0 amide bonds. The highest BCUT2D eigenvalue weighted by atomic mass is 19.4. The summed E-state index contributed by atoms with van der Waals surface area (Å²) in [5.74, 6) is -4.81. The number of hydrogen-bond donors (Lipinski definition) is 0. The topological polar surface area (TPSA) is 83.7 Å². The highest BCUT2D eigenvalue weighted by molar-refractivity contribution is 5.88. The number of hydrogen-bond acceptors (Lipinski definition) is 6. The molecule has 0 N–H and O–H groups in total. The molecule has 3 rings (SSSR count). The molecule has 0 spiro atoms. The Balaban J connectivity index is 2.08. The molecule has 0 aliphatic heterocycles. The molecule has 7 nitrogen and oxygen atoms in total. The number of pyridine rings is 1. The Kier molecular flexibility index (Phi) is 5.10. The summed E-state index contributed by atoms with van der Waals surface area (Å²) < 4.78 is 79.8. The Morgan fingerprint density at radius 2 is 1.69 bits per heavy atom. The molecule has 152 valence electrons.